The Labute approximate surface area is 205 Å². The van der Waals surface area contributed by atoms with Gasteiger partial charge in [-0.05, 0) is 44.7 Å². The SMILES string of the molecule is CC(C)n1cc(C(=O)NCC2CCCCC2)c(=O)c(C(=O)N2CCN(C(=O)c3ccco3)CC2)c1. The molecular weight excluding hydrogens is 448 g/mol. The van der Waals surface area contributed by atoms with Crippen LogP contribution in [0.3, 0.4) is 0 Å². The topological polar surface area (TPSA) is 105 Å². The fourth-order valence-electron chi connectivity index (χ4n) is 4.77. The number of rotatable bonds is 6. The van der Waals surface area contributed by atoms with Crippen molar-refractivity contribution in [1.82, 2.24) is 19.7 Å². The highest BCUT2D eigenvalue weighted by Gasteiger charge is 2.29. The Bertz CT molecular complexity index is 1110. The van der Waals surface area contributed by atoms with Crippen molar-refractivity contribution in [3.8, 4) is 0 Å². The van der Waals surface area contributed by atoms with Crippen LogP contribution in [-0.2, 0) is 0 Å². The standard InChI is InChI=1S/C26H34N4O5/c1-18(2)30-16-20(24(32)27-15-19-7-4-3-5-8-19)23(31)21(17-30)25(33)28-10-12-29(13-11-28)26(34)22-9-6-14-35-22/h6,9,14,16-19H,3-5,7-8,10-13,15H2,1-2H3,(H,27,32). The van der Waals surface area contributed by atoms with Crippen LogP contribution in [0.25, 0.3) is 0 Å². The van der Waals surface area contributed by atoms with Crippen molar-refractivity contribution in [3.63, 3.8) is 0 Å². The number of aromatic nitrogens is 1. The first kappa shape index (κ1) is 24.8. The number of pyridine rings is 1. The molecule has 2 aliphatic rings. The van der Waals surface area contributed by atoms with Gasteiger partial charge in [-0.1, -0.05) is 19.3 Å². The second kappa shape index (κ2) is 10.9. The monoisotopic (exact) mass is 482 g/mol. The Morgan fingerprint density at radius 1 is 0.971 bits per heavy atom. The summed E-state index contributed by atoms with van der Waals surface area (Å²) >= 11 is 0. The molecule has 2 fully saturated rings. The lowest BCUT2D eigenvalue weighted by Gasteiger charge is -2.34. The molecule has 0 spiro atoms. The minimum absolute atomic E-state index is 0.00741. The van der Waals surface area contributed by atoms with Gasteiger partial charge in [0.2, 0.25) is 5.43 Å². The van der Waals surface area contributed by atoms with Gasteiger partial charge in [0.15, 0.2) is 5.76 Å². The number of furan rings is 1. The van der Waals surface area contributed by atoms with Gasteiger partial charge in [0, 0.05) is 51.2 Å². The lowest BCUT2D eigenvalue weighted by Crippen LogP contribution is -2.51. The van der Waals surface area contributed by atoms with Gasteiger partial charge in [0.05, 0.1) is 6.26 Å². The molecule has 188 valence electrons. The number of nitrogens with zero attached hydrogens (tertiary/aromatic N) is 3. The van der Waals surface area contributed by atoms with Crippen LogP contribution in [0.15, 0.2) is 40.0 Å². The fraction of sp³-hybridized carbons (Fsp3) is 0.538. The van der Waals surface area contributed by atoms with Crippen molar-refractivity contribution in [2.45, 2.75) is 52.0 Å². The average molecular weight is 483 g/mol. The molecule has 3 amide bonds. The van der Waals surface area contributed by atoms with E-state index in [1.807, 2.05) is 13.8 Å². The van der Waals surface area contributed by atoms with Gasteiger partial charge in [-0.25, -0.2) is 0 Å². The summed E-state index contributed by atoms with van der Waals surface area (Å²) in [7, 11) is 0. The predicted octanol–water partition coefficient (Wildman–Crippen LogP) is 2.93. The summed E-state index contributed by atoms with van der Waals surface area (Å²) in [5.74, 6) is -0.377. The maximum absolute atomic E-state index is 13.3. The van der Waals surface area contributed by atoms with Crippen molar-refractivity contribution < 1.29 is 18.8 Å². The van der Waals surface area contributed by atoms with Gasteiger partial charge in [-0.2, -0.15) is 0 Å². The molecule has 0 aromatic carbocycles. The summed E-state index contributed by atoms with van der Waals surface area (Å²) in [6.45, 7) is 5.68. The van der Waals surface area contributed by atoms with Gasteiger partial charge in [0.25, 0.3) is 17.7 Å². The van der Waals surface area contributed by atoms with Crippen LogP contribution in [0.2, 0.25) is 0 Å². The molecule has 0 bridgehead atoms. The van der Waals surface area contributed by atoms with Crippen LogP contribution in [-0.4, -0.2) is 64.8 Å². The van der Waals surface area contributed by atoms with E-state index in [0.29, 0.717) is 38.6 Å². The Morgan fingerprint density at radius 3 is 2.20 bits per heavy atom. The van der Waals surface area contributed by atoms with Crippen molar-refractivity contribution in [3.05, 3.63) is 57.9 Å². The average Bonchev–Trinajstić information content (AvgIpc) is 3.42. The Balaban J connectivity index is 1.47. The second-order valence-corrected chi connectivity index (χ2v) is 9.73. The highest BCUT2D eigenvalue weighted by molar-refractivity contribution is 5.99. The fourth-order valence-corrected chi connectivity index (χ4v) is 4.77. The zero-order chi connectivity index (χ0) is 24.9. The summed E-state index contributed by atoms with van der Waals surface area (Å²) in [5.41, 5.74) is -0.580. The minimum atomic E-state index is -0.554. The van der Waals surface area contributed by atoms with E-state index in [-0.39, 0.29) is 28.8 Å². The van der Waals surface area contributed by atoms with Crippen LogP contribution in [0.4, 0.5) is 0 Å². The number of nitrogens with one attached hydrogen (secondary N) is 1. The number of amides is 3. The molecule has 1 N–H and O–H groups in total. The second-order valence-electron chi connectivity index (χ2n) is 9.73. The Kier molecular flexibility index (Phi) is 7.73. The summed E-state index contributed by atoms with van der Waals surface area (Å²) in [6.07, 6.45) is 10.3. The molecule has 35 heavy (non-hydrogen) atoms. The number of hydrogen-bond donors (Lipinski definition) is 1. The van der Waals surface area contributed by atoms with E-state index in [2.05, 4.69) is 5.32 Å². The highest BCUT2D eigenvalue weighted by Crippen LogP contribution is 2.23. The van der Waals surface area contributed by atoms with E-state index >= 15 is 0 Å². The van der Waals surface area contributed by atoms with Crippen molar-refractivity contribution >= 4 is 17.7 Å². The molecule has 3 heterocycles. The maximum atomic E-state index is 13.3. The molecule has 9 heteroatoms. The molecule has 1 saturated heterocycles. The van der Waals surface area contributed by atoms with Crippen molar-refractivity contribution in [2.75, 3.05) is 32.7 Å². The van der Waals surface area contributed by atoms with E-state index in [4.69, 9.17) is 4.42 Å². The van der Waals surface area contributed by atoms with Gasteiger partial charge in [-0.3, -0.25) is 19.2 Å². The van der Waals surface area contributed by atoms with Gasteiger partial charge >= 0.3 is 0 Å². The predicted molar refractivity (Wildman–Crippen MR) is 131 cm³/mol. The maximum Gasteiger partial charge on any atom is 0.289 e. The zero-order valence-electron chi connectivity index (χ0n) is 20.5. The van der Waals surface area contributed by atoms with E-state index in [1.54, 1.807) is 32.7 Å². The third kappa shape index (κ3) is 5.66. The van der Waals surface area contributed by atoms with Crippen molar-refractivity contribution in [2.24, 2.45) is 5.92 Å². The largest absolute Gasteiger partial charge is 0.459 e. The quantitative estimate of drug-likeness (QED) is 0.682. The van der Waals surface area contributed by atoms with E-state index < -0.39 is 17.2 Å². The first-order valence-corrected chi connectivity index (χ1v) is 12.5. The van der Waals surface area contributed by atoms with Crippen LogP contribution >= 0.6 is 0 Å². The van der Waals surface area contributed by atoms with E-state index in [0.717, 1.165) is 12.8 Å². The molecule has 1 saturated carbocycles. The number of carbonyl (C=O) groups excluding carboxylic acids is 3. The molecule has 9 nitrogen and oxygen atoms in total. The molecule has 2 aromatic rings. The molecule has 1 aliphatic carbocycles. The molecule has 2 aromatic heterocycles. The van der Waals surface area contributed by atoms with Crippen LogP contribution in [0.5, 0.6) is 0 Å². The molecule has 0 atom stereocenters. The molecule has 1 aliphatic heterocycles. The number of piperazine rings is 1. The smallest absolute Gasteiger partial charge is 0.289 e. The third-order valence-corrected chi connectivity index (χ3v) is 6.98. The van der Waals surface area contributed by atoms with Crippen LogP contribution in [0.1, 0.15) is 83.3 Å². The van der Waals surface area contributed by atoms with Crippen LogP contribution in [0, 0.1) is 5.92 Å². The summed E-state index contributed by atoms with van der Waals surface area (Å²) in [6, 6.07) is 3.24. The third-order valence-electron chi connectivity index (χ3n) is 6.98. The number of hydrogen-bond acceptors (Lipinski definition) is 5. The summed E-state index contributed by atoms with van der Waals surface area (Å²) < 4.78 is 6.92. The summed E-state index contributed by atoms with van der Waals surface area (Å²) in [5, 5.41) is 2.92. The summed E-state index contributed by atoms with van der Waals surface area (Å²) in [4.78, 5) is 55.3. The molecule has 0 unspecified atom stereocenters. The normalized spacial score (nSPS) is 17.0. The number of carbonyl (C=O) groups is 3. The first-order valence-electron chi connectivity index (χ1n) is 12.5. The first-order chi connectivity index (χ1) is 16.8. The van der Waals surface area contributed by atoms with Gasteiger partial charge < -0.3 is 24.1 Å². The zero-order valence-corrected chi connectivity index (χ0v) is 20.5. The molecule has 4 rings (SSSR count). The minimum Gasteiger partial charge on any atom is -0.459 e. The lowest BCUT2D eigenvalue weighted by molar-refractivity contribution is 0.0517. The molecule has 0 radical (unpaired) electrons. The van der Waals surface area contributed by atoms with Crippen molar-refractivity contribution in [1.29, 1.82) is 0 Å². The van der Waals surface area contributed by atoms with Gasteiger partial charge in [-0.15, -0.1) is 0 Å². The molecular formula is C26H34N4O5. The Morgan fingerprint density at radius 2 is 1.60 bits per heavy atom. The Hall–Kier alpha value is -3.36. The lowest BCUT2D eigenvalue weighted by atomic mass is 9.89. The highest BCUT2D eigenvalue weighted by atomic mass is 16.3. The van der Waals surface area contributed by atoms with Crippen LogP contribution < -0.4 is 10.7 Å². The van der Waals surface area contributed by atoms with E-state index in [9.17, 15) is 19.2 Å². The van der Waals surface area contributed by atoms with E-state index in [1.165, 1.54) is 31.7 Å². The van der Waals surface area contributed by atoms with Gasteiger partial charge in [0.1, 0.15) is 11.1 Å².